The molecule has 2 N–H and O–H groups in total. The molecule has 2 heterocycles. The van der Waals surface area contributed by atoms with Crippen molar-refractivity contribution in [3.63, 3.8) is 0 Å². The Morgan fingerprint density at radius 2 is 1.85 bits per heavy atom. The third-order valence-electron chi connectivity index (χ3n) is 8.12. The van der Waals surface area contributed by atoms with Gasteiger partial charge in [-0.3, -0.25) is 9.36 Å². The molecule has 1 unspecified atom stereocenters. The average Bonchev–Trinajstić information content (AvgIpc) is 2.78. The predicted molar refractivity (Wildman–Crippen MR) is 131 cm³/mol. The second-order valence-corrected chi connectivity index (χ2v) is 11.0. The Hall–Kier alpha value is -2.83. The van der Waals surface area contributed by atoms with E-state index in [1.165, 1.54) is 6.42 Å². The van der Waals surface area contributed by atoms with Gasteiger partial charge in [0.1, 0.15) is 6.10 Å². The number of fused-ring (bicyclic) bond motifs is 1. The number of rotatable bonds is 4. The number of hydrogen-bond donors (Lipinski definition) is 1. The highest BCUT2D eigenvalue weighted by Crippen LogP contribution is 2.40. The molecule has 1 aliphatic heterocycles. The zero-order chi connectivity index (χ0) is 23.9. The Bertz CT molecular complexity index is 1100. The summed E-state index contributed by atoms with van der Waals surface area (Å²) in [5.41, 5.74) is 9.05. The molecule has 0 spiro atoms. The first-order valence-electron chi connectivity index (χ1n) is 12.7. The number of amides is 1. The molecule has 2 fully saturated rings. The SMILES string of the molecule is CC1(C)CCC(OC(=O)N2CCc3c(nc(N)n(C(c4ccccc4)C4CCC4)c3=O)C2)CC1. The van der Waals surface area contributed by atoms with E-state index in [4.69, 9.17) is 10.5 Å². The number of hydrogen-bond acceptors (Lipinski definition) is 5. The van der Waals surface area contributed by atoms with Gasteiger partial charge in [-0.25, -0.2) is 9.78 Å². The number of carbonyl (C=O) groups is 1. The second-order valence-electron chi connectivity index (χ2n) is 11.0. The van der Waals surface area contributed by atoms with Gasteiger partial charge in [0.05, 0.1) is 18.3 Å². The van der Waals surface area contributed by atoms with Crippen LogP contribution < -0.4 is 11.3 Å². The van der Waals surface area contributed by atoms with Crippen LogP contribution in [0.4, 0.5) is 10.7 Å². The lowest BCUT2D eigenvalue weighted by Gasteiger charge is -2.37. The van der Waals surface area contributed by atoms with Gasteiger partial charge in [0.15, 0.2) is 0 Å². The minimum atomic E-state index is -0.309. The largest absolute Gasteiger partial charge is 0.446 e. The second kappa shape index (κ2) is 9.08. The van der Waals surface area contributed by atoms with E-state index in [0.29, 0.717) is 35.6 Å². The highest BCUT2D eigenvalue weighted by Gasteiger charge is 2.35. The lowest BCUT2D eigenvalue weighted by Crippen LogP contribution is -2.44. The summed E-state index contributed by atoms with van der Waals surface area (Å²) in [6.07, 6.45) is 7.42. The van der Waals surface area contributed by atoms with Crippen molar-refractivity contribution in [2.24, 2.45) is 11.3 Å². The van der Waals surface area contributed by atoms with Crippen LogP contribution in [-0.4, -0.2) is 33.2 Å². The van der Waals surface area contributed by atoms with Crippen molar-refractivity contribution in [2.45, 2.75) is 83.9 Å². The van der Waals surface area contributed by atoms with Crippen molar-refractivity contribution in [3.8, 4) is 0 Å². The third kappa shape index (κ3) is 4.44. The van der Waals surface area contributed by atoms with Crippen LogP contribution in [0.5, 0.6) is 0 Å². The summed E-state index contributed by atoms with van der Waals surface area (Å²) in [7, 11) is 0. The van der Waals surface area contributed by atoms with E-state index in [1.54, 1.807) is 9.47 Å². The first-order chi connectivity index (χ1) is 16.3. The zero-order valence-electron chi connectivity index (χ0n) is 20.3. The van der Waals surface area contributed by atoms with E-state index in [2.05, 4.69) is 31.0 Å². The number of anilines is 1. The van der Waals surface area contributed by atoms with E-state index in [-0.39, 0.29) is 36.3 Å². The summed E-state index contributed by atoms with van der Waals surface area (Å²) in [6.45, 7) is 5.27. The van der Waals surface area contributed by atoms with Crippen LogP contribution in [0.15, 0.2) is 35.1 Å². The van der Waals surface area contributed by atoms with E-state index in [1.807, 2.05) is 18.2 Å². The molecule has 1 aromatic carbocycles. The highest BCUT2D eigenvalue weighted by atomic mass is 16.6. The minimum absolute atomic E-state index is 0.0259. The molecule has 2 aliphatic carbocycles. The Balaban J connectivity index is 1.36. The Kier molecular flexibility index (Phi) is 6.13. The van der Waals surface area contributed by atoms with Gasteiger partial charge in [0.2, 0.25) is 5.95 Å². The van der Waals surface area contributed by atoms with E-state index >= 15 is 0 Å². The van der Waals surface area contributed by atoms with Crippen LogP contribution in [0.1, 0.15) is 81.7 Å². The number of benzene rings is 1. The molecular weight excluding hydrogens is 428 g/mol. The van der Waals surface area contributed by atoms with Crippen molar-refractivity contribution in [1.29, 1.82) is 0 Å². The van der Waals surface area contributed by atoms with E-state index < -0.39 is 0 Å². The standard InChI is InChI=1S/C27H36N4O3/c1-27(2)14-11-20(12-15-27)34-26(33)30-16-13-21-22(17-30)29-25(28)31(24(21)32)23(19-9-6-10-19)18-7-4-3-5-8-18/h3-5,7-8,19-20,23H,6,9-17H2,1-2H3,(H2,28,29). The normalized spacial score (nSPS) is 21.4. The van der Waals surface area contributed by atoms with Crippen LogP contribution >= 0.6 is 0 Å². The first kappa shape index (κ1) is 22.9. The maximum absolute atomic E-state index is 13.7. The maximum atomic E-state index is 13.7. The van der Waals surface area contributed by atoms with Gasteiger partial charge in [0.25, 0.3) is 5.56 Å². The average molecular weight is 465 g/mol. The summed E-state index contributed by atoms with van der Waals surface area (Å²) >= 11 is 0. The molecular formula is C27H36N4O3. The van der Waals surface area contributed by atoms with Crippen LogP contribution in [-0.2, 0) is 17.7 Å². The van der Waals surface area contributed by atoms with E-state index in [0.717, 1.165) is 44.1 Å². The molecule has 7 heteroatoms. The molecule has 3 aliphatic rings. The van der Waals surface area contributed by atoms with Gasteiger partial charge < -0.3 is 15.4 Å². The van der Waals surface area contributed by atoms with Crippen LogP contribution in [0.2, 0.25) is 0 Å². The molecule has 1 atom stereocenters. The van der Waals surface area contributed by atoms with Crippen LogP contribution in [0, 0.1) is 11.3 Å². The fourth-order valence-corrected chi connectivity index (χ4v) is 5.69. The summed E-state index contributed by atoms with van der Waals surface area (Å²) in [4.78, 5) is 32.8. The van der Waals surface area contributed by atoms with Gasteiger partial charge >= 0.3 is 6.09 Å². The molecule has 2 aromatic rings. The lowest BCUT2D eigenvalue weighted by molar-refractivity contribution is 0.0234. The topological polar surface area (TPSA) is 90.4 Å². The summed E-state index contributed by atoms with van der Waals surface area (Å²) in [5, 5.41) is 0. The minimum Gasteiger partial charge on any atom is -0.446 e. The Morgan fingerprint density at radius 3 is 2.50 bits per heavy atom. The summed E-state index contributed by atoms with van der Waals surface area (Å²) in [5.74, 6) is 0.618. The monoisotopic (exact) mass is 464 g/mol. The zero-order valence-corrected chi connectivity index (χ0v) is 20.3. The Labute approximate surface area is 201 Å². The van der Waals surface area contributed by atoms with Gasteiger partial charge in [-0.1, -0.05) is 50.6 Å². The quantitative estimate of drug-likeness (QED) is 0.710. The molecule has 0 radical (unpaired) electrons. The number of aromatic nitrogens is 2. The molecule has 34 heavy (non-hydrogen) atoms. The van der Waals surface area contributed by atoms with Crippen LogP contribution in [0.3, 0.4) is 0 Å². The third-order valence-corrected chi connectivity index (χ3v) is 8.12. The molecule has 1 amide bonds. The van der Waals surface area contributed by atoms with Gasteiger partial charge in [0, 0.05) is 12.1 Å². The number of nitrogens with two attached hydrogens (primary N) is 1. The van der Waals surface area contributed by atoms with E-state index in [9.17, 15) is 9.59 Å². The molecule has 5 rings (SSSR count). The van der Waals surface area contributed by atoms with Gasteiger partial charge in [-0.05, 0) is 61.8 Å². The van der Waals surface area contributed by atoms with Gasteiger partial charge in [-0.2, -0.15) is 0 Å². The summed E-state index contributed by atoms with van der Waals surface area (Å²) in [6, 6.07) is 10.0. The van der Waals surface area contributed by atoms with Crippen molar-refractivity contribution >= 4 is 12.0 Å². The fourth-order valence-electron chi connectivity index (χ4n) is 5.69. The molecule has 1 aromatic heterocycles. The van der Waals surface area contributed by atoms with Crippen molar-refractivity contribution in [1.82, 2.24) is 14.5 Å². The molecule has 7 nitrogen and oxygen atoms in total. The molecule has 2 saturated carbocycles. The Morgan fingerprint density at radius 1 is 1.15 bits per heavy atom. The number of nitrogen functional groups attached to an aromatic ring is 1. The molecule has 0 saturated heterocycles. The first-order valence-corrected chi connectivity index (χ1v) is 12.7. The van der Waals surface area contributed by atoms with Gasteiger partial charge in [-0.15, -0.1) is 0 Å². The fraction of sp³-hybridized carbons (Fsp3) is 0.593. The van der Waals surface area contributed by atoms with Crippen LogP contribution in [0.25, 0.3) is 0 Å². The number of carbonyl (C=O) groups excluding carboxylic acids is 1. The predicted octanol–water partition coefficient (Wildman–Crippen LogP) is 4.68. The smallest absolute Gasteiger partial charge is 0.410 e. The molecule has 0 bridgehead atoms. The lowest BCUT2D eigenvalue weighted by atomic mass is 9.76. The van der Waals surface area contributed by atoms with Crippen molar-refractivity contribution in [2.75, 3.05) is 12.3 Å². The summed E-state index contributed by atoms with van der Waals surface area (Å²) < 4.78 is 7.52. The number of ether oxygens (including phenoxy) is 1. The maximum Gasteiger partial charge on any atom is 0.410 e. The highest BCUT2D eigenvalue weighted by molar-refractivity contribution is 5.68. The van der Waals surface area contributed by atoms with Crippen molar-refractivity contribution in [3.05, 3.63) is 57.5 Å². The van der Waals surface area contributed by atoms with Crippen molar-refractivity contribution < 1.29 is 9.53 Å². The molecule has 182 valence electrons. The number of nitrogens with zero attached hydrogens (tertiary/aromatic N) is 3.